The van der Waals surface area contributed by atoms with Crippen LogP contribution < -0.4 is 15.5 Å². The molecule has 3 aliphatic rings. The number of morpholine rings is 1. The van der Waals surface area contributed by atoms with Gasteiger partial charge in [-0.1, -0.05) is 12.5 Å². The highest BCUT2D eigenvalue weighted by Crippen LogP contribution is 2.29. The summed E-state index contributed by atoms with van der Waals surface area (Å²) in [5, 5.41) is 7.44. The minimum Gasteiger partial charge on any atom is -0.379 e. The van der Waals surface area contributed by atoms with Crippen LogP contribution in [-0.2, 0) is 11.3 Å². The van der Waals surface area contributed by atoms with Gasteiger partial charge in [-0.2, -0.15) is 0 Å². The van der Waals surface area contributed by atoms with Crippen LogP contribution >= 0.6 is 0 Å². The molecule has 3 unspecified atom stereocenters. The second kappa shape index (κ2) is 8.65. The molecule has 2 saturated heterocycles. The van der Waals surface area contributed by atoms with E-state index in [1.807, 2.05) is 6.20 Å². The normalized spacial score (nSPS) is 30.7. The molecule has 0 bridgehead atoms. The smallest absolute Gasteiger partial charge is 0.128 e. The summed E-state index contributed by atoms with van der Waals surface area (Å²) in [7, 11) is 2.19. The summed E-state index contributed by atoms with van der Waals surface area (Å²) < 4.78 is 5.68. The van der Waals surface area contributed by atoms with E-state index in [1.54, 1.807) is 0 Å². The highest BCUT2D eigenvalue weighted by atomic mass is 16.5. The molecule has 1 aromatic heterocycles. The fourth-order valence-corrected chi connectivity index (χ4v) is 4.58. The van der Waals surface area contributed by atoms with E-state index in [2.05, 4.69) is 39.6 Å². The SMILES string of the molecule is CN1CCN(c2ccc(CNC3CCCC3C3COCCN3)cn2)CC1. The number of piperazine rings is 1. The third-order valence-corrected chi connectivity index (χ3v) is 6.24. The van der Waals surface area contributed by atoms with Crippen molar-refractivity contribution in [3.63, 3.8) is 0 Å². The molecule has 2 N–H and O–H groups in total. The molecule has 3 atom stereocenters. The molecule has 144 valence electrons. The summed E-state index contributed by atoms with van der Waals surface area (Å²) in [5.41, 5.74) is 1.28. The van der Waals surface area contributed by atoms with Crippen molar-refractivity contribution in [3.8, 4) is 0 Å². The number of rotatable bonds is 5. The Morgan fingerprint density at radius 3 is 2.85 bits per heavy atom. The van der Waals surface area contributed by atoms with E-state index in [1.165, 1.54) is 24.8 Å². The predicted molar refractivity (Wildman–Crippen MR) is 105 cm³/mol. The van der Waals surface area contributed by atoms with Crippen LogP contribution in [0.4, 0.5) is 5.82 Å². The third-order valence-electron chi connectivity index (χ3n) is 6.24. The maximum Gasteiger partial charge on any atom is 0.128 e. The molecule has 26 heavy (non-hydrogen) atoms. The van der Waals surface area contributed by atoms with E-state index in [0.717, 1.165) is 58.3 Å². The van der Waals surface area contributed by atoms with Gasteiger partial charge in [-0.15, -0.1) is 0 Å². The van der Waals surface area contributed by atoms with Gasteiger partial charge in [-0.05, 0) is 37.4 Å². The number of pyridine rings is 1. The van der Waals surface area contributed by atoms with Crippen molar-refractivity contribution in [2.24, 2.45) is 5.92 Å². The van der Waals surface area contributed by atoms with Crippen molar-refractivity contribution in [1.82, 2.24) is 20.5 Å². The number of likely N-dealkylation sites (N-methyl/N-ethyl adjacent to an activating group) is 1. The number of aromatic nitrogens is 1. The quantitative estimate of drug-likeness (QED) is 0.821. The van der Waals surface area contributed by atoms with Gasteiger partial charge in [-0.25, -0.2) is 4.98 Å². The Labute approximate surface area is 157 Å². The van der Waals surface area contributed by atoms with Gasteiger partial charge >= 0.3 is 0 Å². The lowest BCUT2D eigenvalue weighted by molar-refractivity contribution is 0.0524. The number of anilines is 1. The first-order valence-corrected chi connectivity index (χ1v) is 10.2. The van der Waals surface area contributed by atoms with Gasteiger partial charge in [0.05, 0.1) is 13.2 Å². The Morgan fingerprint density at radius 1 is 1.23 bits per heavy atom. The third kappa shape index (κ3) is 4.36. The number of nitrogens with zero attached hydrogens (tertiary/aromatic N) is 3. The van der Waals surface area contributed by atoms with Gasteiger partial charge in [0.2, 0.25) is 0 Å². The minimum absolute atomic E-state index is 0.515. The molecule has 1 aliphatic carbocycles. The van der Waals surface area contributed by atoms with Crippen molar-refractivity contribution in [2.75, 3.05) is 57.9 Å². The lowest BCUT2D eigenvalue weighted by Gasteiger charge is -2.33. The zero-order chi connectivity index (χ0) is 17.8. The molecular weight excluding hydrogens is 326 g/mol. The highest BCUT2D eigenvalue weighted by molar-refractivity contribution is 5.39. The summed E-state index contributed by atoms with van der Waals surface area (Å²) in [6.07, 6.45) is 5.95. The van der Waals surface area contributed by atoms with Crippen LogP contribution in [0.5, 0.6) is 0 Å². The standard InChI is InChI=1S/C20H33N5O/c1-24-8-10-25(11-9-24)20-6-5-16(14-23-20)13-22-18-4-2-3-17(18)19-15-26-12-7-21-19/h5-6,14,17-19,21-22H,2-4,7-13,15H2,1H3. The largest absolute Gasteiger partial charge is 0.379 e. The Bertz CT molecular complexity index is 552. The number of ether oxygens (including phenoxy) is 1. The number of hydrogen-bond acceptors (Lipinski definition) is 6. The molecule has 0 radical (unpaired) electrons. The number of hydrogen-bond donors (Lipinski definition) is 2. The lowest BCUT2D eigenvalue weighted by Crippen LogP contribution is -2.50. The van der Waals surface area contributed by atoms with Gasteiger partial charge in [0.25, 0.3) is 0 Å². The Balaban J connectivity index is 1.28. The first kappa shape index (κ1) is 18.2. The van der Waals surface area contributed by atoms with Crippen molar-refractivity contribution in [1.29, 1.82) is 0 Å². The summed E-state index contributed by atoms with van der Waals surface area (Å²) in [6.45, 7) is 8.00. The first-order chi connectivity index (χ1) is 12.8. The van der Waals surface area contributed by atoms with E-state index in [9.17, 15) is 0 Å². The van der Waals surface area contributed by atoms with Gasteiger partial charge < -0.3 is 25.2 Å². The van der Waals surface area contributed by atoms with Gasteiger partial charge in [0.15, 0.2) is 0 Å². The van der Waals surface area contributed by atoms with Crippen molar-refractivity contribution >= 4 is 5.82 Å². The second-order valence-electron chi connectivity index (χ2n) is 8.03. The molecule has 3 fully saturated rings. The minimum atomic E-state index is 0.515. The van der Waals surface area contributed by atoms with E-state index < -0.39 is 0 Å². The monoisotopic (exact) mass is 359 g/mol. The average Bonchev–Trinajstić information content (AvgIpc) is 3.17. The Morgan fingerprint density at radius 2 is 2.12 bits per heavy atom. The second-order valence-corrected chi connectivity index (χ2v) is 8.03. The van der Waals surface area contributed by atoms with Crippen LogP contribution in [0.15, 0.2) is 18.3 Å². The molecule has 2 aliphatic heterocycles. The summed E-state index contributed by atoms with van der Waals surface area (Å²) in [4.78, 5) is 9.48. The zero-order valence-electron chi connectivity index (χ0n) is 16.0. The van der Waals surface area contributed by atoms with Gasteiger partial charge in [0, 0.05) is 57.5 Å². The first-order valence-electron chi connectivity index (χ1n) is 10.2. The average molecular weight is 360 g/mol. The van der Waals surface area contributed by atoms with E-state index in [4.69, 9.17) is 9.72 Å². The van der Waals surface area contributed by atoms with Crippen LogP contribution in [0.2, 0.25) is 0 Å². The van der Waals surface area contributed by atoms with Crippen LogP contribution in [0.3, 0.4) is 0 Å². The maximum atomic E-state index is 5.68. The maximum absolute atomic E-state index is 5.68. The van der Waals surface area contributed by atoms with Crippen molar-refractivity contribution in [3.05, 3.63) is 23.9 Å². The molecule has 3 heterocycles. The summed E-state index contributed by atoms with van der Waals surface area (Å²) in [6, 6.07) is 5.53. The highest BCUT2D eigenvalue weighted by Gasteiger charge is 2.34. The molecular formula is C20H33N5O. The summed E-state index contributed by atoms with van der Waals surface area (Å²) >= 11 is 0. The Hall–Kier alpha value is -1.21. The molecule has 0 spiro atoms. The van der Waals surface area contributed by atoms with Gasteiger partial charge in [0.1, 0.15) is 5.82 Å². The van der Waals surface area contributed by atoms with Crippen molar-refractivity contribution in [2.45, 2.75) is 37.9 Å². The molecule has 4 rings (SSSR count). The summed E-state index contributed by atoms with van der Waals surface area (Å²) in [5.74, 6) is 1.80. The lowest BCUT2D eigenvalue weighted by atomic mass is 9.94. The fraction of sp³-hybridized carbons (Fsp3) is 0.750. The van der Waals surface area contributed by atoms with Crippen molar-refractivity contribution < 1.29 is 4.74 Å². The predicted octanol–water partition coefficient (Wildman–Crippen LogP) is 1.08. The van der Waals surface area contributed by atoms with Crippen LogP contribution in [0.25, 0.3) is 0 Å². The van der Waals surface area contributed by atoms with Crippen LogP contribution in [0.1, 0.15) is 24.8 Å². The van der Waals surface area contributed by atoms with E-state index >= 15 is 0 Å². The molecule has 0 amide bonds. The number of nitrogens with one attached hydrogen (secondary N) is 2. The van der Waals surface area contributed by atoms with Crippen LogP contribution in [-0.4, -0.2) is 75.0 Å². The topological polar surface area (TPSA) is 52.7 Å². The molecule has 1 saturated carbocycles. The molecule has 0 aromatic carbocycles. The molecule has 1 aromatic rings. The van der Waals surface area contributed by atoms with Crippen LogP contribution in [0, 0.1) is 5.92 Å². The van der Waals surface area contributed by atoms with E-state index in [-0.39, 0.29) is 0 Å². The molecule has 6 nitrogen and oxygen atoms in total. The Kier molecular flexibility index (Phi) is 6.05. The van der Waals surface area contributed by atoms with Gasteiger partial charge in [-0.3, -0.25) is 0 Å². The molecule has 6 heteroatoms. The zero-order valence-corrected chi connectivity index (χ0v) is 16.0. The fourth-order valence-electron chi connectivity index (χ4n) is 4.58. The van der Waals surface area contributed by atoms with E-state index in [0.29, 0.717) is 18.0 Å².